The van der Waals surface area contributed by atoms with Crippen molar-refractivity contribution in [3.8, 4) is 0 Å². The van der Waals surface area contributed by atoms with Crippen LogP contribution in [0.4, 0.5) is 0 Å². The molecule has 0 aromatic heterocycles. The van der Waals surface area contributed by atoms with Crippen LogP contribution < -0.4 is 4.89 Å². The zero-order valence-corrected chi connectivity index (χ0v) is 46.4. The van der Waals surface area contributed by atoms with E-state index in [4.69, 9.17) is 18.5 Å². The lowest BCUT2D eigenvalue weighted by molar-refractivity contribution is -0.870. The summed E-state index contributed by atoms with van der Waals surface area (Å²) in [5.41, 5.74) is 0. The molecule has 0 radical (unpaired) electrons. The number of hydrogen-bond acceptors (Lipinski definition) is 7. The Morgan fingerprint density at radius 2 is 0.841 bits per heavy atom. The number of hydrogen-bond donors (Lipinski definition) is 0. The van der Waals surface area contributed by atoms with Crippen LogP contribution in [0.2, 0.25) is 0 Å². The summed E-state index contributed by atoms with van der Waals surface area (Å²) in [6.45, 7) is 5.28. The van der Waals surface area contributed by atoms with E-state index in [9.17, 15) is 14.3 Å². The smallest absolute Gasteiger partial charge is 0.306 e. The topological polar surface area (TPSA) is 94.1 Å². The molecule has 0 saturated heterocycles. The molecule has 0 fully saturated rings. The lowest BCUT2D eigenvalue weighted by Gasteiger charge is -2.28. The van der Waals surface area contributed by atoms with E-state index in [-0.39, 0.29) is 32.2 Å². The summed E-state index contributed by atoms with van der Waals surface area (Å²) < 4.78 is 34.8. The average Bonchev–Trinajstić information content (AvgIpc) is 3.31. The number of nitrogens with zero attached hydrogens (tertiary/aromatic N) is 1. The molecule has 0 amide bonds. The van der Waals surface area contributed by atoms with Crippen molar-refractivity contribution in [3.63, 3.8) is 0 Å². The fourth-order valence-electron chi connectivity index (χ4n) is 7.65. The van der Waals surface area contributed by atoms with Gasteiger partial charge in [0.05, 0.1) is 34.4 Å². The maximum atomic E-state index is 12.8. The van der Waals surface area contributed by atoms with Gasteiger partial charge in [-0.1, -0.05) is 240 Å². The highest BCUT2D eigenvalue weighted by molar-refractivity contribution is 7.45. The number of carbonyl (C=O) groups is 1. The Morgan fingerprint density at radius 3 is 1.25 bits per heavy atom. The van der Waals surface area contributed by atoms with Crippen LogP contribution in [0.3, 0.4) is 0 Å². The summed E-state index contributed by atoms with van der Waals surface area (Å²) in [4.78, 5) is 25.2. The van der Waals surface area contributed by atoms with Gasteiger partial charge in [0, 0.05) is 13.0 Å². The molecule has 400 valence electrons. The van der Waals surface area contributed by atoms with Gasteiger partial charge in [-0.25, -0.2) is 0 Å². The first-order valence-electron chi connectivity index (χ1n) is 28.3. The van der Waals surface area contributed by atoms with Gasteiger partial charge in [-0.3, -0.25) is 9.36 Å². The van der Waals surface area contributed by atoms with Crippen molar-refractivity contribution in [1.29, 1.82) is 0 Å². The Bertz CT molecular complexity index is 1380. The first-order valence-corrected chi connectivity index (χ1v) is 29.8. The largest absolute Gasteiger partial charge is 0.756 e. The number of ether oxygens (including phenoxy) is 2. The number of unbranched alkanes of at least 4 members (excludes halogenated alkanes) is 24. The first kappa shape index (κ1) is 66.7. The third kappa shape index (κ3) is 56.5. The fourth-order valence-corrected chi connectivity index (χ4v) is 8.37. The Morgan fingerprint density at radius 1 is 0.464 bits per heavy atom. The number of phosphoric ester groups is 1. The van der Waals surface area contributed by atoms with E-state index in [2.05, 4.69) is 98.9 Å². The second kappa shape index (κ2) is 52.0. The molecule has 69 heavy (non-hydrogen) atoms. The van der Waals surface area contributed by atoms with Crippen molar-refractivity contribution in [1.82, 2.24) is 0 Å². The molecule has 0 saturated carbocycles. The summed E-state index contributed by atoms with van der Waals surface area (Å²) in [5, 5.41) is 0. The van der Waals surface area contributed by atoms with Gasteiger partial charge in [-0.2, -0.15) is 0 Å². The standard InChI is InChI=1S/C60H108NO7P/c1-6-8-10-12-14-16-18-20-22-24-26-28-30-31-32-33-35-37-39-41-43-45-47-49-51-53-60(62)68-59(58-67-69(63,64)66-56-54-61(3,4)5)57-65-55-52-50-48-46-44-42-40-38-36-34-29-27-25-23-21-19-17-15-13-11-9-7-2/h8,10,14,16,20,22,26,28,31-32,35,37,41,43,59H,6-7,9,11-13,15,17-19,21,23-25,27,29-30,33-34,36,38-40,42,44-58H2,1-5H3/b10-8-,16-14-,22-20-,28-26-,32-31-,37-35-,43-41-. The van der Waals surface area contributed by atoms with Crippen LogP contribution in [0.25, 0.3) is 0 Å². The number of phosphoric acid groups is 1. The molecular formula is C60H108NO7P. The zero-order valence-electron chi connectivity index (χ0n) is 45.5. The number of carbonyl (C=O) groups excluding carboxylic acids is 1. The van der Waals surface area contributed by atoms with Crippen LogP contribution in [0, 0.1) is 0 Å². The van der Waals surface area contributed by atoms with Gasteiger partial charge < -0.3 is 27.9 Å². The molecule has 0 spiro atoms. The van der Waals surface area contributed by atoms with Crippen molar-refractivity contribution in [2.24, 2.45) is 0 Å². The second-order valence-corrected chi connectivity index (χ2v) is 21.3. The number of rotatable bonds is 52. The zero-order chi connectivity index (χ0) is 50.5. The van der Waals surface area contributed by atoms with Gasteiger partial charge in [-0.15, -0.1) is 0 Å². The summed E-state index contributed by atoms with van der Waals surface area (Å²) in [5.74, 6) is -0.364. The normalized spacial score (nSPS) is 14.1. The average molecular weight is 986 g/mol. The third-order valence-corrected chi connectivity index (χ3v) is 12.9. The number of likely N-dealkylation sites (N-methyl/N-ethyl adjacent to an activating group) is 1. The van der Waals surface area contributed by atoms with Gasteiger partial charge in [-0.05, 0) is 70.6 Å². The van der Waals surface area contributed by atoms with E-state index in [1.807, 2.05) is 21.1 Å². The van der Waals surface area contributed by atoms with Crippen molar-refractivity contribution in [2.45, 2.75) is 238 Å². The number of quaternary nitrogens is 1. The Balaban J connectivity index is 4.18. The van der Waals surface area contributed by atoms with E-state index < -0.39 is 13.9 Å². The molecule has 0 aromatic rings. The Kier molecular flexibility index (Phi) is 50.3. The van der Waals surface area contributed by atoms with E-state index in [0.29, 0.717) is 24.1 Å². The maximum absolute atomic E-state index is 12.8. The van der Waals surface area contributed by atoms with Crippen LogP contribution >= 0.6 is 7.82 Å². The minimum atomic E-state index is -4.55. The van der Waals surface area contributed by atoms with Gasteiger partial charge >= 0.3 is 5.97 Å². The van der Waals surface area contributed by atoms with Crippen LogP contribution in [-0.2, 0) is 27.9 Å². The van der Waals surface area contributed by atoms with Gasteiger partial charge in [0.15, 0.2) is 0 Å². The molecule has 8 nitrogen and oxygen atoms in total. The lowest BCUT2D eigenvalue weighted by atomic mass is 10.0. The highest BCUT2D eigenvalue weighted by atomic mass is 31.2. The number of allylic oxidation sites excluding steroid dienone is 14. The van der Waals surface area contributed by atoms with Crippen LogP contribution in [0.1, 0.15) is 232 Å². The molecule has 0 N–H and O–H groups in total. The van der Waals surface area contributed by atoms with E-state index in [0.717, 1.165) is 77.0 Å². The SMILES string of the molecule is CC/C=C\C/C=C\C/C=C\C/C=C\C/C=C\C/C=C\C/C=C\CCCCCC(=O)OC(COCCCCCCCCCCCCCCCCCCCCCCCC)COP(=O)([O-])OCC[N+](C)(C)C. The minimum absolute atomic E-state index is 0.0163. The minimum Gasteiger partial charge on any atom is -0.756 e. The van der Waals surface area contributed by atoms with Crippen molar-refractivity contribution >= 4 is 13.8 Å². The molecule has 0 rings (SSSR count). The van der Waals surface area contributed by atoms with Crippen LogP contribution in [-0.4, -0.2) is 70.7 Å². The Hall–Kier alpha value is -2.32. The summed E-state index contributed by atoms with van der Waals surface area (Å²) in [6.07, 6.45) is 70.5. The second-order valence-electron chi connectivity index (χ2n) is 19.9. The predicted molar refractivity (Wildman–Crippen MR) is 295 cm³/mol. The quantitative estimate of drug-likeness (QED) is 0.0197. The molecule has 2 unspecified atom stereocenters. The van der Waals surface area contributed by atoms with Crippen LogP contribution in [0.15, 0.2) is 85.1 Å². The fraction of sp³-hybridized carbons (Fsp3) is 0.750. The van der Waals surface area contributed by atoms with Crippen molar-refractivity contribution in [3.05, 3.63) is 85.1 Å². The van der Waals surface area contributed by atoms with E-state index in [1.54, 1.807) is 0 Å². The highest BCUT2D eigenvalue weighted by Crippen LogP contribution is 2.38. The van der Waals surface area contributed by atoms with Gasteiger partial charge in [0.2, 0.25) is 0 Å². The van der Waals surface area contributed by atoms with Crippen LogP contribution in [0.5, 0.6) is 0 Å². The summed E-state index contributed by atoms with van der Waals surface area (Å²) in [7, 11) is 1.33. The Labute approximate surface area is 426 Å². The van der Waals surface area contributed by atoms with Gasteiger partial charge in [0.25, 0.3) is 7.82 Å². The van der Waals surface area contributed by atoms with E-state index in [1.165, 1.54) is 128 Å². The molecule has 0 aromatic carbocycles. The first-order chi connectivity index (χ1) is 33.6. The monoisotopic (exact) mass is 986 g/mol. The molecule has 0 aliphatic heterocycles. The number of esters is 1. The third-order valence-electron chi connectivity index (χ3n) is 12.0. The van der Waals surface area contributed by atoms with Crippen molar-refractivity contribution < 1.29 is 37.3 Å². The predicted octanol–water partition coefficient (Wildman–Crippen LogP) is 17.3. The maximum Gasteiger partial charge on any atom is 0.306 e. The molecule has 0 aliphatic carbocycles. The summed E-state index contributed by atoms with van der Waals surface area (Å²) >= 11 is 0. The summed E-state index contributed by atoms with van der Waals surface area (Å²) in [6, 6.07) is 0. The van der Waals surface area contributed by atoms with E-state index >= 15 is 0 Å². The molecule has 2 atom stereocenters. The lowest BCUT2D eigenvalue weighted by Crippen LogP contribution is -2.37. The molecule has 0 heterocycles. The highest BCUT2D eigenvalue weighted by Gasteiger charge is 2.20. The molecular weight excluding hydrogens is 878 g/mol. The molecule has 9 heteroatoms. The van der Waals surface area contributed by atoms with Gasteiger partial charge in [0.1, 0.15) is 19.3 Å². The molecule has 0 bridgehead atoms. The van der Waals surface area contributed by atoms with Crippen molar-refractivity contribution in [2.75, 3.05) is 54.1 Å². The molecule has 0 aliphatic rings.